The monoisotopic (exact) mass is 364 g/mol. The number of nitrogens with two attached hydrogens (primary N) is 1. The molecule has 2 aromatic heterocycles. The van der Waals surface area contributed by atoms with Gasteiger partial charge in [0.1, 0.15) is 18.0 Å². The second kappa shape index (κ2) is 7.80. The van der Waals surface area contributed by atoms with Crippen molar-refractivity contribution >= 4 is 11.6 Å². The summed E-state index contributed by atoms with van der Waals surface area (Å²) in [5.41, 5.74) is 8.19. The van der Waals surface area contributed by atoms with Gasteiger partial charge in [-0.2, -0.15) is 0 Å². The number of ether oxygens (including phenoxy) is 1. The van der Waals surface area contributed by atoms with Crippen molar-refractivity contribution in [1.29, 1.82) is 0 Å². The summed E-state index contributed by atoms with van der Waals surface area (Å²) in [6.07, 6.45) is 7.70. The van der Waals surface area contributed by atoms with Gasteiger partial charge in [-0.1, -0.05) is 6.42 Å². The lowest BCUT2D eigenvalue weighted by Gasteiger charge is -2.26. The molecule has 27 heavy (non-hydrogen) atoms. The fourth-order valence-electron chi connectivity index (χ4n) is 3.54. The van der Waals surface area contributed by atoms with E-state index in [1.165, 1.54) is 32.4 Å². The van der Waals surface area contributed by atoms with E-state index >= 15 is 0 Å². The first kappa shape index (κ1) is 17.5. The van der Waals surface area contributed by atoms with Crippen LogP contribution in [0.3, 0.4) is 0 Å². The largest absolute Gasteiger partial charge is 0.492 e. The number of pyridine rings is 1. The molecule has 1 aliphatic rings. The van der Waals surface area contributed by atoms with Crippen molar-refractivity contribution in [1.82, 2.24) is 14.3 Å². The third-order valence-corrected chi connectivity index (χ3v) is 5.02. The van der Waals surface area contributed by atoms with Crippen molar-refractivity contribution in [3.05, 3.63) is 54.4 Å². The number of nitrogens with zero attached hydrogens (tertiary/aromatic N) is 3. The minimum absolute atomic E-state index is 0.418. The van der Waals surface area contributed by atoms with Crippen LogP contribution in [0.4, 0.5) is 0 Å². The molecule has 1 saturated heterocycles. The number of likely N-dealkylation sites (tertiary alicyclic amines) is 1. The van der Waals surface area contributed by atoms with Crippen LogP contribution < -0.4 is 10.5 Å². The highest BCUT2D eigenvalue weighted by molar-refractivity contribution is 5.98. The summed E-state index contributed by atoms with van der Waals surface area (Å²) < 4.78 is 7.70. The Balaban J connectivity index is 1.43. The lowest BCUT2D eigenvalue weighted by Crippen LogP contribution is -2.33. The second-order valence-corrected chi connectivity index (χ2v) is 6.92. The fourth-order valence-corrected chi connectivity index (χ4v) is 3.54. The number of carbonyl (C=O) groups is 1. The zero-order valence-electron chi connectivity index (χ0n) is 15.3. The molecule has 4 rings (SSSR count). The standard InChI is InChI=1S/C21H24N4O2/c22-20(26)18-5-4-12-25-15-19(23-21(18)25)16-6-8-17(9-7-16)27-14-13-24-10-2-1-3-11-24/h4-9,12,15H,1-3,10-11,13-14H2,(H2,22,26). The molecular formula is C21H24N4O2. The van der Waals surface area contributed by atoms with E-state index in [9.17, 15) is 4.79 Å². The van der Waals surface area contributed by atoms with Crippen molar-refractivity contribution in [3.8, 4) is 17.0 Å². The van der Waals surface area contributed by atoms with Gasteiger partial charge >= 0.3 is 0 Å². The highest BCUT2D eigenvalue weighted by Crippen LogP contribution is 2.23. The molecule has 0 spiro atoms. The van der Waals surface area contributed by atoms with E-state index in [0.29, 0.717) is 17.8 Å². The number of hydrogen-bond acceptors (Lipinski definition) is 4. The zero-order chi connectivity index (χ0) is 18.6. The first-order valence-corrected chi connectivity index (χ1v) is 9.44. The first-order valence-electron chi connectivity index (χ1n) is 9.44. The van der Waals surface area contributed by atoms with E-state index in [1.54, 1.807) is 12.1 Å². The van der Waals surface area contributed by atoms with Crippen LogP contribution in [0.15, 0.2) is 48.8 Å². The van der Waals surface area contributed by atoms with Crippen LogP contribution in [0.5, 0.6) is 5.75 Å². The van der Waals surface area contributed by atoms with Gasteiger partial charge in [0.25, 0.3) is 5.91 Å². The van der Waals surface area contributed by atoms with Gasteiger partial charge in [0.05, 0.1) is 11.3 Å². The molecule has 3 aromatic rings. The number of primary amides is 1. The molecule has 3 heterocycles. The Bertz CT molecular complexity index is 927. The highest BCUT2D eigenvalue weighted by atomic mass is 16.5. The molecule has 1 amide bonds. The van der Waals surface area contributed by atoms with Crippen LogP contribution in [-0.4, -0.2) is 46.4 Å². The van der Waals surface area contributed by atoms with Crippen LogP contribution in [0, 0.1) is 0 Å². The van der Waals surface area contributed by atoms with Crippen LogP contribution in [0.2, 0.25) is 0 Å². The zero-order valence-corrected chi connectivity index (χ0v) is 15.3. The Morgan fingerprint density at radius 2 is 1.89 bits per heavy atom. The van der Waals surface area contributed by atoms with E-state index in [1.807, 2.05) is 41.1 Å². The minimum Gasteiger partial charge on any atom is -0.492 e. The van der Waals surface area contributed by atoms with Crippen LogP contribution >= 0.6 is 0 Å². The van der Waals surface area contributed by atoms with E-state index in [2.05, 4.69) is 9.88 Å². The van der Waals surface area contributed by atoms with E-state index in [-0.39, 0.29) is 0 Å². The third-order valence-electron chi connectivity index (χ3n) is 5.02. The minimum atomic E-state index is -0.477. The van der Waals surface area contributed by atoms with Gasteiger partial charge in [0.15, 0.2) is 0 Å². The number of hydrogen-bond donors (Lipinski definition) is 1. The molecule has 0 saturated carbocycles. The van der Waals surface area contributed by atoms with Gasteiger partial charge in [-0.25, -0.2) is 4.98 Å². The Labute approximate surface area is 158 Å². The number of carbonyl (C=O) groups excluding carboxylic acids is 1. The number of imidazole rings is 1. The summed E-state index contributed by atoms with van der Waals surface area (Å²) in [6.45, 7) is 4.05. The molecule has 1 aromatic carbocycles. The first-order chi connectivity index (χ1) is 13.2. The van der Waals surface area contributed by atoms with E-state index in [0.717, 1.165) is 23.6 Å². The Morgan fingerprint density at radius 1 is 1.11 bits per heavy atom. The fraction of sp³-hybridized carbons (Fsp3) is 0.333. The van der Waals surface area contributed by atoms with Crippen LogP contribution in [-0.2, 0) is 0 Å². The SMILES string of the molecule is NC(=O)c1cccn2cc(-c3ccc(OCCN4CCCCC4)cc3)nc12. The predicted molar refractivity (Wildman–Crippen MR) is 105 cm³/mol. The second-order valence-electron chi connectivity index (χ2n) is 6.92. The summed E-state index contributed by atoms with van der Waals surface area (Å²) in [4.78, 5) is 18.6. The molecule has 140 valence electrons. The van der Waals surface area contributed by atoms with Crippen molar-refractivity contribution in [2.75, 3.05) is 26.2 Å². The molecular weight excluding hydrogens is 340 g/mol. The van der Waals surface area contributed by atoms with Crippen molar-refractivity contribution < 1.29 is 9.53 Å². The van der Waals surface area contributed by atoms with Gasteiger partial charge in [0, 0.05) is 24.5 Å². The molecule has 0 aliphatic carbocycles. The lowest BCUT2D eigenvalue weighted by molar-refractivity contribution is 0.100. The average Bonchev–Trinajstić information content (AvgIpc) is 3.13. The van der Waals surface area contributed by atoms with Gasteiger partial charge in [-0.05, 0) is 62.3 Å². The van der Waals surface area contributed by atoms with E-state index < -0.39 is 5.91 Å². The summed E-state index contributed by atoms with van der Waals surface area (Å²) in [5, 5.41) is 0. The van der Waals surface area contributed by atoms with Crippen molar-refractivity contribution in [2.24, 2.45) is 5.73 Å². The number of fused-ring (bicyclic) bond motifs is 1. The van der Waals surface area contributed by atoms with Gasteiger partial charge < -0.3 is 14.9 Å². The van der Waals surface area contributed by atoms with E-state index in [4.69, 9.17) is 10.5 Å². The van der Waals surface area contributed by atoms with Crippen LogP contribution in [0.25, 0.3) is 16.9 Å². The summed E-state index contributed by atoms with van der Waals surface area (Å²) in [6, 6.07) is 11.4. The number of aromatic nitrogens is 2. The smallest absolute Gasteiger partial charge is 0.252 e. The number of benzene rings is 1. The molecule has 6 nitrogen and oxygen atoms in total. The third kappa shape index (κ3) is 3.95. The van der Waals surface area contributed by atoms with Crippen molar-refractivity contribution in [3.63, 3.8) is 0 Å². The lowest BCUT2D eigenvalue weighted by atomic mass is 10.1. The number of rotatable bonds is 6. The normalized spacial score (nSPS) is 15.1. The number of piperidine rings is 1. The quantitative estimate of drug-likeness (QED) is 0.730. The van der Waals surface area contributed by atoms with Gasteiger partial charge in [-0.3, -0.25) is 9.69 Å². The van der Waals surface area contributed by atoms with Crippen molar-refractivity contribution in [2.45, 2.75) is 19.3 Å². The number of amides is 1. The molecule has 0 atom stereocenters. The maximum absolute atomic E-state index is 11.6. The summed E-state index contributed by atoms with van der Waals surface area (Å²) >= 11 is 0. The summed E-state index contributed by atoms with van der Waals surface area (Å²) in [7, 11) is 0. The van der Waals surface area contributed by atoms with Gasteiger partial charge in [-0.15, -0.1) is 0 Å². The van der Waals surface area contributed by atoms with Crippen LogP contribution in [0.1, 0.15) is 29.6 Å². The molecule has 0 unspecified atom stereocenters. The van der Waals surface area contributed by atoms with Gasteiger partial charge in [0.2, 0.25) is 0 Å². The highest BCUT2D eigenvalue weighted by Gasteiger charge is 2.12. The molecule has 0 bridgehead atoms. The molecule has 1 fully saturated rings. The predicted octanol–water partition coefficient (Wildman–Crippen LogP) is 2.96. The summed E-state index contributed by atoms with van der Waals surface area (Å²) in [5.74, 6) is 0.382. The average molecular weight is 364 g/mol. The molecule has 6 heteroatoms. The maximum atomic E-state index is 11.6. The Morgan fingerprint density at radius 3 is 2.63 bits per heavy atom. The Hall–Kier alpha value is -2.86. The molecule has 1 aliphatic heterocycles. The Kier molecular flexibility index (Phi) is 5.07. The molecule has 0 radical (unpaired) electrons. The topological polar surface area (TPSA) is 72.9 Å². The molecule has 2 N–H and O–H groups in total. The maximum Gasteiger partial charge on any atom is 0.252 e.